The molecule has 21 heavy (non-hydrogen) atoms. The van der Waals surface area contributed by atoms with Gasteiger partial charge in [-0.25, -0.2) is 0 Å². The lowest BCUT2D eigenvalue weighted by Gasteiger charge is -2.42. The van der Waals surface area contributed by atoms with Crippen LogP contribution in [0.4, 0.5) is 0 Å². The number of amides is 2. The minimum Gasteiger partial charge on any atom is -0.332 e. The molecule has 0 spiro atoms. The molecule has 0 radical (unpaired) electrons. The maximum absolute atomic E-state index is 12.6. The van der Waals surface area contributed by atoms with Gasteiger partial charge in [0.25, 0.3) is 0 Å². The van der Waals surface area contributed by atoms with Gasteiger partial charge in [0.15, 0.2) is 0 Å². The van der Waals surface area contributed by atoms with Gasteiger partial charge in [-0.1, -0.05) is 44.2 Å². The van der Waals surface area contributed by atoms with Gasteiger partial charge in [0.2, 0.25) is 11.8 Å². The second-order valence-corrected chi connectivity index (χ2v) is 6.25. The van der Waals surface area contributed by atoms with E-state index in [1.165, 1.54) is 0 Å². The molecule has 0 bridgehead atoms. The Bertz CT molecular complexity index is 513. The van der Waals surface area contributed by atoms with E-state index in [4.69, 9.17) is 0 Å². The van der Waals surface area contributed by atoms with E-state index in [9.17, 15) is 9.59 Å². The molecular formula is C17H24N2O2. The molecule has 1 heterocycles. The van der Waals surface area contributed by atoms with Gasteiger partial charge < -0.3 is 9.80 Å². The molecule has 1 aromatic carbocycles. The highest BCUT2D eigenvalue weighted by molar-refractivity contribution is 5.96. The lowest BCUT2D eigenvalue weighted by atomic mass is 9.94. The number of likely N-dealkylation sites (N-methyl/N-ethyl adjacent to an activating group) is 2. The number of carbonyl (C=O) groups excluding carboxylic acids is 2. The largest absolute Gasteiger partial charge is 0.332 e. The van der Waals surface area contributed by atoms with E-state index in [0.29, 0.717) is 18.8 Å². The van der Waals surface area contributed by atoms with E-state index in [2.05, 4.69) is 13.8 Å². The zero-order chi connectivity index (χ0) is 15.6. The quantitative estimate of drug-likeness (QED) is 0.849. The van der Waals surface area contributed by atoms with Crippen LogP contribution in [0.2, 0.25) is 0 Å². The average Bonchev–Trinajstić information content (AvgIpc) is 2.47. The first-order valence-corrected chi connectivity index (χ1v) is 7.49. The number of benzene rings is 1. The third-order valence-corrected chi connectivity index (χ3v) is 4.17. The van der Waals surface area contributed by atoms with Crippen molar-refractivity contribution in [2.45, 2.75) is 38.8 Å². The molecule has 0 aromatic heterocycles. The maximum Gasteiger partial charge on any atom is 0.246 e. The zero-order valence-electron chi connectivity index (χ0n) is 13.2. The van der Waals surface area contributed by atoms with Crippen molar-refractivity contribution in [3.63, 3.8) is 0 Å². The Morgan fingerprint density at radius 1 is 0.952 bits per heavy atom. The lowest BCUT2D eigenvalue weighted by Crippen LogP contribution is -2.63. The molecule has 4 heteroatoms. The first kappa shape index (κ1) is 15.5. The molecule has 4 nitrogen and oxygen atoms in total. The summed E-state index contributed by atoms with van der Waals surface area (Å²) in [6, 6.07) is 9.12. The Morgan fingerprint density at radius 2 is 1.48 bits per heavy atom. The minimum absolute atomic E-state index is 0.0339. The molecule has 114 valence electrons. The summed E-state index contributed by atoms with van der Waals surface area (Å²) in [5.41, 5.74) is 1.08. The molecule has 2 atom stereocenters. The summed E-state index contributed by atoms with van der Waals surface area (Å²) in [5, 5.41) is 0. The zero-order valence-corrected chi connectivity index (χ0v) is 13.2. The SMILES string of the molecule is CC(C)C[C@H]1C(=O)N(C)[C@@H](Cc2ccccc2)C(=O)N1C. The summed E-state index contributed by atoms with van der Waals surface area (Å²) in [6.45, 7) is 4.14. The van der Waals surface area contributed by atoms with E-state index < -0.39 is 6.04 Å². The fraction of sp³-hybridized carbons (Fsp3) is 0.529. The lowest BCUT2D eigenvalue weighted by molar-refractivity contribution is -0.159. The number of hydrogen-bond acceptors (Lipinski definition) is 2. The average molecular weight is 288 g/mol. The van der Waals surface area contributed by atoms with Crippen molar-refractivity contribution in [3.8, 4) is 0 Å². The van der Waals surface area contributed by atoms with Crippen molar-refractivity contribution in [2.24, 2.45) is 5.92 Å². The van der Waals surface area contributed by atoms with Crippen LogP contribution in [0.15, 0.2) is 30.3 Å². The Balaban J connectivity index is 2.18. The first-order chi connectivity index (χ1) is 9.91. The van der Waals surface area contributed by atoms with Crippen molar-refractivity contribution >= 4 is 11.8 Å². The van der Waals surface area contributed by atoms with Gasteiger partial charge in [0, 0.05) is 20.5 Å². The summed E-state index contributed by atoms with van der Waals surface area (Å²) in [6.07, 6.45) is 1.28. The highest BCUT2D eigenvalue weighted by Crippen LogP contribution is 2.22. The van der Waals surface area contributed by atoms with E-state index in [-0.39, 0.29) is 17.9 Å². The van der Waals surface area contributed by atoms with Crippen LogP contribution in [0, 0.1) is 5.92 Å². The molecule has 2 amide bonds. The maximum atomic E-state index is 12.6. The molecule has 1 aliphatic heterocycles. The topological polar surface area (TPSA) is 40.6 Å². The predicted molar refractivity (Wildman–Crippen MR) is 82.7 cm³/mol. The molecule has 1 fully saturated rings. The van der Waals surface area contributed by atoms with Crippen LogP contribution in [-0.2, 0) is 16.0 Å². The van der Waals surface area contributed by atoms with Crippen molar-refractivity contribution < 1.29 is 9.59 Å². The Hall–Kier alpha value is -1.84. The number of nitrogens with zero attached hydrogens (tertiary/aromatic N) is 2. The number of hydrogen-bond donors (Lipinski definition) is 0. The van der Waals surface area contributed by atoms with Gasteiger partial charge in [0.1, 0.15) is 12.1 Å². The van der Waals surface area contributed by atoms with Crippen molar-refractivity contribution in [3.05, 3.63) is 35.9 Å². The van der Waals surface area contributed by atoms with Gasteiger partial charge >= 0.3 is 0 Å². The highest BCUT2D eigenvalue weighted by atomic mass is 16.2. The van der Waals surface area contributed by atoms with Crippen molar-refractivity contribution in [2.75, 3.05) is 14.1 Å². The summed E-state index contributed by atoms with van der Waals surface area (Å²) in [7, 11) is 3.49. The Kier molecular flexibility index (Phi) is 4.66. The third kappa shape index (κ3) is 3.26. The summed E-state index contributed by atoms with van der Waals surface area (Å²) in [4.78, 5) is 28.4. The summed E-state index contributed by atoms with van der Waals surface area (Å²) < 4.78 is 0. The van der Waals surface area contributed by atoms with Crippen LogP contribution in [0.5, 0.6) is 0 Å². The van der Waals surface area contributed by atoms with Crippen LogP contribution in [-0.4, -0.2) is 47.8 Å². The van der Waals surface area contributed by atoms with Gasteiger partial charge in [-0.05, 0) is 17.9 Å². The monoisotopic (exact) mass is 288 g/mol. The fourth-order valence-corrected chi connectivity index (χ4v) is 2.88. The number of piperazine rings is 1. The van der Waals surface area contributed by atoms with Crippen LogP contribution in [0.3, 0.4) is 0 Å². The van der Waals surface area contributed by atoms with Gasteiger partial charge in [0.05, 0.1) is 0 Å². The second kappa shape index (κ2) is 6.29. The molecule has 1 aliphatic rings. The fourth-order valence-electron chi connectivity index (χ4n) is 2.88. The Labute approximate surface area is 126 Å². The van der Waals surface area contributed by atoms with Gasteiger partial charge in [-0.15, -0.1) is 0 Å². The molecule has 0 saturated carbocycles. The standard InChI is InChI=1S/C17H24N2O2/c1-12(2)10-14-16(20)19(4)15(17(21)18(14)3)11-13-8-6-5-7-9-13/h5-9,12,14-15H,10-11H2,1-4H3/t14-,15-/m0/s1. The summed E-state index contributed by atoms with van der Waals surface area (Å²) >= 11 is 0. The minimum atomic E-state index is -0.395. The molecule has 1 aromatic rings. The summed E-state index contributed by atoms with van der Waals surface area (Å²) in [5.74, 6) is 0.464. The van der Waals surface area contributed by atoms with Gasteiger partial charge in [-0.2, -0.15) is 0 Å². The second-order valence-electron chi connectivity index (χ2n) is 6.25. The normalized spacial score (nSPS) is 23.1. The smallest absolute Gasteiger partial charge is 0.246 e. The molecule has 0 unspecified atom stereocenters. The predicted octanol–water partition coefficient (Wildman–Crippen LogP) is 1.94. The van der Waals surface area contributed by atoms with Crippen molar-refractivity contribution in [1.29, 1.82) is 0 Å². The number of rotatable bonds is 4. The van der Waals surface area contributed by atoms with Crippen LogP contribution in [0.1, 0.15) is 25.8 Å². The van der Waals surface area contributed by atoms with E-state index in [0.717, 1.165) is 5.56 Å². The molecule has 2 rings (SSSR count). The molecule has 0 aliphatic carbocycles. The van der Waals surface area contributed by atoms with Crippen molar-refractivity contribution in [1.82, 2.24) is 9.80 Å². The third-order valence-electron chi connectivity index (χ3n) is 4.17. The van der Waals surface area contributed by atoms with Crippen LogP contribution in [0.25, 0.3) is 0 Å². The van der Waals surface area contributed by atoms with E-state index in [1.54, 1.807) is 23.9 Å². The highest BCUT2D eigenvalue weighted by Gasteiger charge is 2.42. The molecule has 1 saturated heterocycles. The van der Waals surface area contributed by atoms with Crippen LogP contribution >= 0.6 is 0 Å². The first-order valence-electron chi connectivity index (χ1n) is 7.49. The van der Waals surface area contributed by atoms with E-state index >= 15 is 0 Å². The molecular weight excluding hydrogens is 264 g/mol. The van der Waals surface area contributed by atoms with Crippen LogP contribution < -0.4 is 0 Å². The van der Waals surface area contributed by atoms with E-state index in [1.807, 2.05) is 30.3 Å². The van der Waals surface area contributed by atoms with Gasteiger partial charge in [-0.3, -0.25) is 9.59 Å². The number of carbonyl (C=O) groups is 2. The Morgan fingerprint density at radius 3 is 2.05 bits per heavy atom. The molecule has 0 N–H and O–H groups in total.